The van der Waals surface area contributed by atoms with Crippen molar-refractivity contribution in [3.63, 3.8) is 0 Å². The van der Waals surface area contributed by atoms with Crippen LogP contribution in [0.4, 0.5) is 25.0 Å². The number of rotatable bonds is 4. The van der Waals surface area contributed by atoms with Gasteiger partial charge in [-0.3, -0.25) is 4.79 Å². The first kappa shape index (κ1) is 17.7. The van der Waals surface area contributed by atoms with Crippen molar-refractivity contribution in [1.82, 2.24) is 5.32 Å². The molecule has 0 unspecified atom stereocenters. The molecule has 0 spiro atoms. The molecule has 1 fully saturated rings. The number of carbonyl (C=O) groups excluding carboxylic acids is 2. The maximum atomic E-state index is 13.2. The third-order valence-corrected chi connectivity index (χ3v) is 4.00. The van der Waals surface area contributed by atoms with Crippen molar-refractivity contribution in [2.24, 2.45) is 0 Å². The SMILES string of the molecule is COc1cccc(N2C[C@@H](NC(=O)Nc3ccc(F)c(F)c3)CC2=O)c1. The lowest BCUT2D eigenvalue weighted by Gasteiger charge is -2.18. The Hall–Kier alpha value is -3.16. The van der Waals surface area contributed by atoms with Crippen molar-refractivity contribution in [1.29, 1.82) is 0 Å². The molecule has 0 aliphatic carbocycles. The fourth-order valence-corrected chi connectivity index (χ4v) is 2.76. The average Bonchev–Trinajstić information content (AvgIpc) is 2.98. The normalized spacial score (nSPS) is 16.5. The summed E-state index contributed by atoms with van der Waals surface area (Å²) in [5.41, 5.74) is 0.801. The van der Waals surface area contributed by atoms with Crippen LogP contribution in [0.3, 0.4) is 0 Å². The summed E-state index contributed by atoms with van der Waals surface area (Å²) in [6.45, 7) is 0.303. The first-order valence-electron chi connectivity index (χ1n) is 7.93. The second kappa shape index (κ2) is 7.38. The number of urea groups is 1. The molecule has 2 N–H and O–H groups in total. The van der Waals surface area contributed by atoms with Gasteiger partial charge >= 0.3 is 6.03 Å². The summed E-state index contributed by atoms with van der Waals surface area (Å²) in [4.78, 5) is 25.8. The highest BCUT2D eigenvalue weighted by molar-refractivity contribution is 5.97. The Labute approximate surface area is 148 Å². The first-order chi connectivity index (χ1) is 12.5. The molecule has 0 bridgehead atoms. The van der Waals surface area contributed by atoms with Crippen molar-refractivity contribution >= 4 is 23.3 Å². The number of nitrogens with one attached hydrogen (secondary N) is 2. The molecule has 3 amide bonds. The number of nitrogens with zero attached hydrogens (tertiary/aromatic N) is 1. The van der Waals surface area contributed by atoms with Crippen molar-refractivity contribution in [2.75, 3.05) is 23.9 Å². The summed E-state index contributed by atoms with van der Waals surface area (Å²) in [6, 6.07) is 9.13. The molecule has 2 aromatic rings. The van der Waals surface area contributed by atoms with Gasteiger partial charge in [-0.15, -0.1) is 0 Å². The molecule has 1 aliphatic rings. The molecule has 1 heterocycles. The van der Waals surface area contributed by atoms with Gasteiger partial charge in [0.25, 0.3) is 0 Å². The van der Waals surface area contributed by atoms with Crippen LogP contribution in [0.2, 0.25) is 0 Å². The molecule has 1 saturated heterocycles. The predicted octanol–water partition coefficient (Wildman–Crippen LogP) is 2.90. The highest BCUT2D eigenvalue weighted by Gasteiger charge is 2.31. The second-order valence-corrected chi connectivity index (χ2v) is 5.83. The van der Waals surface area contributed by atoms with E-state index in [0.29, 0.717) is 18.0 Å². The molecule has 0 aromatic heterocycles. The van der Waals surface area contributed by atoms with Crippen LogP contribution >= 0.6 is 0 Å². The maximum Gasteiger partial charge on any atom is 0.319 e. The van der Waals surface area contributed by atoms with E-state index in [4.69, 9.17) is 4.74 Å². The number of methoxy groups -OCH3 is 1. The minimum atomic E-state index is -1.05. The van der Waals surface area contributed by atoms with Gasteiger partial charge in [-0.05, 0) is 24.3 Å². The molecule has 1 aliphatic heterocycles. The molecule has 26 heavy (non-hydrogen) atoms. The molecular formula is C18H17F2N3O3. The topological polar surface area (TPSA) is 70.7 Å². The minimum Gasteiger partial charge on any atom is -0.497 e. The van der Waals surface area contributed by atoms with Gasteiger partial charge in [0.05, 0.1) is 13.2 Å². The van der Waals surface area contributed by atoms with Gasteiger partial charge < -0.3 is 20.3 Å². The summed E-state index contributed by atoms with van der Waals surface area (Å²) in [5, 5.41) is 5.08. The Morgan fingerprint density at radius 2 is 2.00 bits per heavy atom. The van der Waals surface area contributed by atoms with Gasteiger partial charge in [-0.1, -0.05) is 6.07 Å². The molecule has 8 heteroatoms. The Balaban J connectivity index is 1.61. The summed E-state index contributed by atoms with van der Waals surface area (Å²) in [5.74, 6) is -1.55. The van der Waals surface area contributed by atoms with Crippen LogP contribution in [-0.4, -0.2) is 31.6 Å². The fraction of sp³-hybridized carbons (Fsp3) is 0.222. The van der Waals surface area contributed by atoms with E-state index in [1.165, 1.54) is 13.2 Å². The molecule has 136 valence electrons. The lowest BCUT2D eigenvalue weighted by Crippen LogP contribution is -2.39. The lowest BCUT2D eigenvalue weighted by atomic mass is 10.2. The number of hydrogen-bond acceptors (Lipinski definition) is 3. The molecule has 2 aromatic carbocycles. The smallest absolute Gasteiger partial charge is 0.319 e. The van der Waals surface area contributed by atoms with Crippen molar-refractivity contribution in [3.05, 3.63) is 54.1 Å². The zero-order valence-corrected chi connectivity index (χ0v) is 14.0. The number of amides is 3. The molecule has 3 rings (SSSR count). The number of anilines is 2. The number of halogens is 2. The molecule has 0 radical (unpaired) electrons. The highest BCUT2D eigenvalue weighted by atomic mass is 19.2. The Kier molecular flexibility index (Phi) is 5.01. The van der Waals surface area contributed by atoms with Gasteiger partial charge in [0.15, 0.2) is 11.6 Å². The Morgan fingerprint density at radius 1 is 1.19 bits per heavy atom. The van der Waals surface area contributed by atoms with E-state index in [2.05, 4.69) is 10.6 Å². The summed E-state index contributed by atoms with van der Waals surface area (Å²) < 4.78 is 31.2. The summed E-state index contributed by atoms with van der Waals surface area (Å²) >= 11 is 0. The fourth-order valence-electron chi connectivity index (χ4n) is 2.76. The zero-order chi connectivity index (χ0) is 18.7. The van der Waals surface area contributed by atoms with Gasteiger partial charge in [-0.2, -0.15) is 0 Å². The summed E-state index contributed by atoms with van der Waals surface area (Å²) in [6.07, 6.45) is 0.141. The average molecular weight is 361 g/mol. The van der Waals surface area contributed by atoms with E-state index in [-0.39, 0.29) is 18.0 Å². The van der Waals surface area contributed by atoms with Crippen LogP contribution in [0.5, 0.6) is 5.75 Å². The van der Waals surface area contributed by atoms with E-state index in [9.17, 15) is 18.4 Å². The summed E-state index contributed by atoms with van der Waals surface area (Å²) in [7, 11) is 1.54. The molecule has 1 atom stereocenters. The van der Waals surface area contributed by atoms with E-state index in [1.807, 2.05) is 0 Å². The van der Waals surface area contributed by atoms with E-state index >= 15 is 0 Å². The number of hydrogen-bond donors (Lipinski definition) is 2. The van der Waals surface area contributed by atoms with Crippen molar-refractivity contribution in [3.8, 4) is 5.75 Å². The first-order valence-corrected chi connectivity index (χ1v) is 7.93. The number of carbonyl (C=O) groups is 2. The van der Waals surface area contributed by atoms with Gasteiger partial charge in [0.2, 0.25) is 5.91 Å². The highest BCUT2D eigenvalue weighted by Crippen LogP contribution is 2.25. The van der Waals surface area contributed by atoms with Crippen molar-refractivity contribution < 1.29 is 23.1 Å². The molecular weight excluding hydrogens is 344 g/mol. The number of ether oxygens (including phenoxy) is 1. The van der Waals surface area contributed by atoms with Gasteiger partial charge in [0.1, 0.15) is 5.75 Å². The van der Waals surface area contributed by atoms with E-state index in [0.717, 1.165) is 12.1 Å². The lowest BCUT2D eigenvalue weighted by molar-refractivity contribution is -0.117. The maximum absolute atomic E-state index is 13.2. The predicted molar refractivity (Wildman–Crippen MR) is 92.3 cm³/mol. The Morgan fingerprint density at radius 3 is 2.73 bits per heavy atom. The minimum absolute atomic E-state index is 0.121. The molecule has 6 nitrogen and oxygen atoms in total. The van der Waals surface area contributed by atoms with Gasteiger partial charge in [-0.25, -0.2) is 13.6 Å². The largest absolute Gasteiger partial charge is 0.497 e. The van der Waals surface area contributed by atoms with Crippen LogP contribution in [-0.2, 0) is 4.79 Å². The van der Waals surface area contributed by atoms with Crippen LogP contribution in [0.25, 0.3) is 0 Å². The number of benzene rings is 2. The Bertz CT molecular complexity index is 844. The van der Waals surface area contributed by atoms with Gasteiger partial charge in [0, 0.05) is 36.5 Å². The third kappa shape index (κ3) is 3.90. The van der Waals surface area contributed by atoms with E-state index < -0.39 is 23.7 Å². The quantitative estimate of drug-likeness (QED) is 0.880. The van der Waals surface area contributed by atoms with Crippen LogP contribution in [0, 0.1) is 11.6 Å². The monoisotopic (exact) mass is 361 g/mol. The third-order valence-electron chi connectivity index (χ3n) is 4.00. The van der Waals surface area contributed by atoms with Crippen LogP contribution in [0.15, 0.2) is 42.5 Å². The van der Waals surface area contributed by atoms with Crippen molar-refractivity contribution in [2.45, 2.75) is 12.5 Å². The standard InChI is InChI=1S/C18H17F2N3O3/c1-26-14-4-2-3-13(9-14)23-10-12(8-17(23)24)22-18(25)21-11-5-6-15(19)16(20)7-11/h2-7,9,12H,8,10H2,1H3,(H2,21,22,25)/t12-/m0/s1. The second-order valence-electron chi connectivity index (χ2n) is 5.83. The zero-order valence-electron chi connectivity index (χ0n) is 14.0. The van der Waals surface area contributed by atoms with Crippen LogP contribution in [0.1, 0.15) is 6.42 Å². The molecule has 0 saturated carbocycles. The van der Waals surface area contributed by atoms with E-state index in [1.54, 1.807) is 29.2 Å². The van der Waals surface area contributed by atoms with Crippen LogP contribution < -0.4 is 20.3 Å².